The molecule has 2 aromatic heterocycles. The summed E-state index contributed by atoms with van der Waals surface area (Å²) in [6.45, 7) is 2.49. The van der Waals surface area contributed by atoms with Crippen molar-refractivity contribution in [1.82, 2.24) is 14.9 Å². The average Bonchev–Trinajstić information content (AvgIpc) is 2.81. The van der Waals surface area contributed by atoms with Crippen LogP contribution in [0.25, 0.3) is 10.9 Å². The highest BCUT2D eigenvalue weighted by Crippen LogP contribution is 2.34. The Hall–Kier alpha value is -3.36. The summed E-state index contributed by atoms with van der Waals surface area (Å²) < 4.78 is 45.6. The molecule has 0 spiro atoms. The molecule has 9 heteroatoms. The van der Waals surface area contributed by atoms with Crippen molar-refractivity contribution in [3.8, 4) is 5.75 Å². The molecule has 3 heterocycles. The molecule has 1 N–H and O–H groups in total. The number of pyridine rings is 2. The van der Waals surface area contributed by atoms with Crippen molar-refractivity contribution in [3.63, 3.8) is 0 Å². The van der Waals surface area contributed by atoms with E-state index in [1.807, 2.05) is 24.3 Å². The summed E-state index contributed by atoms with van der Waals surface area (Å²) in [5.74, 6) is 0.592. The standard InChI is InChI=1S/C25H26F3N3O3/c1-15-12-19(25(26,27)28)23-21(29-15)13-20(30-24(23)33)17-4-3-11-31(14-17)22(32)10-7-16-5-8-18(34-2)9-6-16/h5-6,8-9,12-13,17H,3-4,7,10-11,14H2,1-2H3,(H,30,33). The van der Waals surface area contributed by atoms with Crippen molar-refractivity contribution < 1.29 is 22.7 Å². The van der Waals surface area contributed by atoms with E-state index in [-0.39, 0.29) is 23.0 Å². The third kappa shape index (κ3) is 5.08. The zero-order valence-corrected chi connectivity index (χ0v) is 19.0. The van der Waals surface area contributed by atoms with Gasteiger partial charge in [0.15, 0.2) is 0 Å². The number of halogens is 3. The van der Waals surface area contributed by atoms with Gasteiger partial charge in [0.2, 0.25) is 5.91 Å². The number of fused-ring (bicyclic) bond motifs is 1. The van der Waals surface area contributed by atoms with E-state index in [0.717, 1.165) is 30.2 Å². The summed E-state index contributed by atoms with van der Waals surface area (Å²) in [6, 6.07) is 9.97. The molecule has 1 atom stereocenters. The molecule has 4 rings (SSSR count). The first-order chi connectivity index (χ1) is 16.2. The van der Waals surface area contributed by atoms with Crippen molar-refractivity contribution in [1.29, 1.82) is 0 Å². The van der Waals surface area contributed by atoms with Crippen molar-refractivity contribution in [3.05, 3.63) is 69.3 Å². The molecular weight excluding hydrogens is 447 g/mol. The second-order valence-electron chi connectivity index (χ2n) is 8.65. The Labute approximate surface area is 194 Å². The van der Waals surface area contributed by atoms with Crippen LogP contribution in [-0.4, -0.2) is 41.0 Å². The van der Waals surface area contributed by atoms with Gasteiger partial charge in [-0.05, 0) is 56.0 Å². The fourth-order valence-electron chi connectivity index (χ4n) is 4.52. The number of methoxy groups -OCH3 is 1. The van der Waals surface area contributed by atoms with E-state index in [0.29, 0.717) is 31.6 Å². The first kappa shape index (κ1) is 23.8. The third-order valence-corrected chi connectivity index (χ3v) is 6.26. The molecule has 1 amide bonds. The predicted molar refractivity (Wildman–Crippen MR) is 122 cm³/mol. The number of hydrogen-bond acceptors (Lipinski definition) is 4. The van der Waals surface area contributed by atoms with Gasteiger partial charge in [0.1, 0.15) is 5.75 Å². The highest BCUT2D eigenvalue weighted by atomic mass is 19.4. The van der Waals surface area contributed by atoms with Gasteiger partial charge in [-0.15, -0.1) is 0 Å². The number of piperidine rings is 1. The summed E-state index contributed by atoms with van der Waals surface area (Å²) in [5, 5.41) is -0.454. The summed E-state index contributed by atoms with van der Waals surface area (Å²) in [7, 11) is 1.60. The smallest absolute Gasteiger partial charge is 0.417 e. The molecule has 0 aliphatic carbocycles. The number of nitrogens with zero attached hydrogens (tertiary/aromatic N) is 2. The van der Waals surface area contributed by atoms with Crippen molar-refractivity contribution in [2.75, 3.05) is 20.2 Å². The number of carbonyl (C=O) groups excluding carboxylic acids is 1. The monoisotopic (exact) mass is 473 g/mol. The van der Waals surface area contributed by atoms with E-state index < -0.39 is 22.7 Å². The summed E-state index contributed by atoms with van der Waals surface area (Å²) in [4.78, 5) is 34.1. The Kier molecular flexibility index (Phi) is 6.63. The fraction of sp³-hybridized carbons (Fsp3) is 0.400. The van der Waals surface area contributed by atoms with E-state index >= 15 is 0 Å². The van der Waals surface area contributed by atoms with E-state index in [9.17, 15) is 22.8 Å². The van der Waals surface area contributed by atoms with Crippen LogP contribution in [-0.2, 0) is 17.4 Å². The van der Waals surface area contributed by atoms with E-state index in [1.54, 1.807) is 12.0 Å². The quantitative estimate of drug-likeness (QED) is 0.588. The largest absolute Gasteiger partial charge is 0.497 e. The van der Waals surface area contributed by atoms with Gasteiger partial charge in [0.05, 0.1) is 23.6 Å². The number of carbonyl (C=O) groups is 1. The maximum Gasteiger partial charge on any atom is 0.417 e. The van der Waals surface area contributed by atoms with Crippen LogP contribution < -0.4 is 10.3 Å². The number of ether oxygens (including phenoxy) is 1. The predicted octanol–water partition coefficient (Wildman–Crippen LogP) is 4.60. The van der Waals surface area contributed by atoms with Crippen molar-refractivity contribution >= 4 is 16.8 Å². The van der Waals surface area contributed by atoms with Crippen LogP contribution in [0.5, 0.6) is 5.75 Å². The SMILES string of the molecule is COc1ccc(CCC(=O)N2CCCC(c3cc4nc(C)cc(C(F)(F)F)c4c(=O)[nH]3)C2)cc1. The number of alkyl halides is 3. The Morgan fingerprint density at radius 1 is 1.24 bits per heavy atom. The van der Waals surface area contributed by atoms with Crippen LogP contribution in [0.1, 0.15) is 47.7 Å². The van der Waals surface area contributed by atoms with Gasteiger partial charge in [-0.25, -0.2) is 0 Å². The topological polar surface area (TPSA) is 75.3 Å². The van der Waals surface area contributed by atoms with E-state index in [4.69, 9.17) is 4.74 Å². The summed E-state index contributed by atoms with van der Waals surface area (Å²) in [5.41, 5.74) is -0.0405. The van der Waals surface area contributed by atoms with Gasteiger partial charge in [-0.1, -0.05) is 12.1 Å². The summed E-state index contributed by atoms with van der Waals surface area (Å²) >= 11 is 0. The molecule has 180 valence electrons. The normalized spacial score (nSPS) is 16.6. The number of aromatic nitrogens is 2. The Morgan fingerprint density at radius 3 is 2.65 bits per heavy atom. The van der Waals surface area contributed by atoms with Crippen LogP contribution >= 0.6 is 0 Å². The minimum atomic E-state index is -4.65. The number of benzene rings is 1. The van der Waals surface area contributed by atoms with E-state index in [2.05, 4.69) is 9.97 Å². The van der Waals surface area contributed by atoms with Gasteiger partial charge in [-0.3, -0.25) is 14.6 Å². The van der Waals surface area contributed by atoms with Gasteiger partial charge in [0.25, 0.3) is 5.56 Å². The fourth-order valence-corrected chi connectivity index (χ4v) is 4.52. The lowest BCUT2D eigenvalue weighted by molar-refractivity contribution is -0.136. The highest BCUT2D eigenvalue weighted by Gasteiger charge is 2.35. The molecule has 1 fully saturated rings. The molecule has 1 aromatic carbocycles. The molecule has 0 bridgehead atoms. The molecule has 0 radical (unpaired) electrons. The Balaban J connectivity index is 1.51. The Bertz CT molecular complexity index is 1250. The molecule has 1 saturated heterocycles. The lowest BCUT2D eigenvalue weighted by Gasteiger charge is -2.33. The van der Waals surface area contributed by atoms with Crippen LogP contribution in [0, 0.1) is 6.92 Å². The maximum absolute atomic E-state index is 13.5. The number of H-pyrrole nitrogens is 1. The molecule has 0 saturated carbocycles. The molecular formula is C25H26F3N3O3. The van der Waals surface area contributed by atoms with Gasteiger partial charge < -0.3 is 14.6 Å². The molecule has 1 unspecified atom stereocenters. The lowest BCUT2D eigenvalue weighted by Crippen LogP contribution is -2.39. The molecule has 6 nitrogen and oxygen atoms in total. The first-order valence-electron chi connectivity index (χ1n) is 11.2. The number of likely N-dealkylation sites (tertiary alicyclic amines) is 1. The highest BCUT2D eigenvalue weighted by molar-refractivity contribution is 5.82. The van der Waals surface area contributed by atoms with Crippen molar-refractivity contribution in [2.24, 2.45) is 0 Å². The van der Waals surface area contributed by atoms with Gasteiger partial charge >= 0.3 is 6.18 Å². The van der Waals surface area contributed by atoms with Crippen molar-refractivity contribution in [2.45, 2.75) is 44.7 Å². The average molecular weight is 473 g/mol. The first-order valence-corrected chi connectivity index (χ1v) is 11.2. The maximum atomic E-state index is 13.5. The lowest BCUT2D eigenvalue weighted by atomic mass is 9.93. The zero-order valence-electron chi connectivity index (χ0n) is 19.0. The number of amides is 1. The molecule has 1 aliphatic heterocycles. The van der Waals surface area contributed by atoms with E-state index in [1.165, 1.54) is 13.0 Å². The number of aryl methyl sites for hydroxylation is 2. The Morgan fingerprint density at radius 2 is 1.97 bits per heavy atom. The minimum absolute atomic E-state index is 0.0111. The minimum Gasteiger partial charge on any atom is -0.497 e. The van der Waals surface area contributed by atoms with Gasteiger partial charge in [-0.2, -0.15) is 13.2 Å². The molecule has 1 aliphatic rings. The number of nitrogens with one attached hydrogen (secondary N) is 1. The second-order valence-corrected chi connectivity index (χ2v) is 8.65. The number of hydrogen-bond donors (Lipinski definition) is 1. The third-order valence-electron chi connectivity index (χ3n) is 6.26. The van der Waals surface area contributed by atoms with Gasteiger partial charge in [0, 0.05) is 36.8 Å². The molecule has 3 aromatic rings. The van der Waals surface area contributed by atoms with Crippen LogP contribution in [0.2, 0.25) is 0 Å². The number of rotatable bonds is 5. The summed E-state index contributed by atoms with van der Waals surface area (Å²) in [6.07, 6.45) is -2.24. The second kappa shape index (κ2) is 9.48. The van der Waals surface area contributed by atoms with Crippen LogP contribution in [0.3, 0.4) is 0 Å². The number of aromatic amines is 1. The van der Waals surface area contributed by atoms with Crippen LogP contribution in [0.4, 0.5) is 13.2 Å². The zero-order chi connectivity index (χ0) is 24.5. The van der Waals surface area contributed by atoms with Crippen LogP contribution in [0.15, 0.2) is 41.2 Å². The molecule has 34 heavy (non-hydrogen) atoms.